The lowest BCUT2D eigenvalue weighted by Crippen LogP contribution is -2.43. The second-order valence-corrected chi connectivity index (χ2v) is 7.19. The Hall–Kier alpha value is -3.74. The fourth-order valence-corrected chi connectivity index (χ4v) is 1.55. The molecule has 0 amide bonds. The highest BCUT2D eigenvalue weighted by atomic mass is 31.2. The van der Waals surface area contributed by atoms with Gasteiger partial charge in [0.15, 0.2) is 11.2 Å². The van der Waals surface area contributed by atoms with Crippen LogP contribution in [0.15, 0.2) is 0 Å². The van der Waals surface area contributed by atoms with Crippen molar-refractivity contribution in [2.75, 3.05) is 0 Å². The quantitative estimate of drug-likeness (QED) is 0.0490. The second kappa shape index (κ2) is 18.5. The van der Waals surface area contributed by atoms with Crippen LogP contribution < -0.4 is 0 Å². The fourth-order valence-electron chi connectivity index (χ4n) is 1.55. The SMILES string of the molecule is O=C(O)CC(O)(CC(=O)O)C(=O)O.O=C(O)CC(O)(CC(=O)OC(=O)O)C(=O)O.O=P(O)(O)O.OB(O)O. The van der Waals surface area contributed by atoms with E-state index in [0.29, 0.717) is 0 Å². The van der Waals surface area contributed by atoms with E-state index in [-0.39, 0.29) is 0 Å². The first-order valence-corrected chi connectivity index (χ1v) is 10.1. The van der Waals surface area contributed by atoms with Crippen molar-refractivity contribution >= 4 is 57.1 Å². The topological polar surface area (TPSA) is 429 Å². The van der Waals surface area contributed by atoms with Crippen LogP contribution in [0.2, 0.25) is 0 Å². The fraction of sp³-hybridized carbons (Fsp3) is 0.462. The largest absolute Gasteiger partial charge is 0.631 e. The summed E-state index contributed by atoms with van der Waals surface area (Å²) in [4.78, 5) is 93.4. The van der Waals surface area contributed by atoms with Crippen LogP contribution in [0.5, 0.6) is 0 Å². The van der Waals surface area contributed by atoms with Gasteiger partial charge in [0.25, 0.3) is 0 Å². The van der Waals surface area contributed by atoms with Gasteiger partial charge in [-0.3, -0.25) is 19.2 Å². The van der Waals surface area contributed by atoms with Gasteiger partial charge in [0, 0.05) is 0 Å². The van der Waals surface area contributed by atoms with E-state index in [2.05, 4.69) is 4.74 Å². The zero-order valence-electron chi connectivity index (χ0n) is 18.3. The van der Waals surface area contributed by atoms with Gasteiger partial charge in [-0.05, 0) is 0 Å². The Labute approximate surface area is 208 Å². The Morgan fingerprint density at radius 3 is 0.974 bits per heavy atom. The number of hydrogen-bond donors (Lipinski definition) is 14. The number of aliphatic hydroxyl groups is 2. The molecule has 0 aliphatic heterocycles. The number of phosphoric acid groups is 1. The maximum Gasteiger partial charge on any atom is 0.631 e. The van der Waals surface area contributed by atoms with Crippen LogP contribution in [0, 0.1) is 0 Å². The Bertz CT molecular complexity index is 865. The molecular formula is C13H22BO23P. The minimum Gasteiger partial charge on any atom is -0.481 e. The van der Waals surface area contributed by atoms with Crippen molar-refractivity contribution in [3.63, 3.8) is 0 Å². The van der Waals surface area contributed by atoms with Crippen LogP contribution in [0.3, 0.4) is 0 Å². The van der Waals surface area contributed by atoms with Crippen LogP contribution in [0.4, 0.5) is 4.79 Å². The predicted octanol–water partition coefficient (Wildman–Crippen LogP) is -5.34. The highest BCUT2D eigenvalue weighted by molar-refractivity contribution is 7.45. The molecule has 220 valence electrons. The van der Waals surface area contributed by atoms with Crippen molar-refractivity contribution in [3.8, 4) is 0 Å². The molecule has 14 N–H and O–H groups in total. The average molecular weight is 588 g/mol. The first-order chi connectivity index (χ1) is 16.7. The number of rotatable bonds is 10. The van der Waals surface area contributed by atoms with E-state index < -0.39 is 94.0 Å². The Balaban J connectivity index is -0.000000233. The van der Waals surface area contributed by atoms with E-state index in [1.54, 1.807) is 0 Å². The van der Waals surface area contributed by atoms with E-state index in [9.17, 15) is 38.7 Å². The Morgan fingerprint density at radius 1 is 0.605 bits per heavy atom. The number of carboxylic acid groups (broad SMARTS) is 6. The summed E-state index contributed by atoms with van der Waals surface area (Å²) in [6.45, 7) is 0. The molecule has 38 heavy (non-hydrogen) atoms. The van der Waals surface area contributed by atoms with Crippen molar-refractivity contribution < 1.29 is 113 Å². The average Bonchev–Trinajstić information content (AvgIpc) is 2.56. The van der Waals surface area contributed by atoms with Gasteiger partial charge in [0.2, 0.25) is 0 Å². The maximum atomic E-state index is 10.7. The number of aliphatic carboxylic acids is 5. The van der Waals surface area contributed by atoms with Crippen LogP contribution in [-0.2, 0) is 38.1 Å². The van der Waals surface area contributed by atoms with Crippen molar-refractivity contribution in [1.29, 1.82) is 0 Å². The first-order valence-electron chi connectivity index (χ1n) is 8.51. The van der Waals surface area contributed by atoms with Gasteiger partial charge in [-0.15, -0.1) is 0 Å². The van der Waals surface area contributed by atoms with E-state index in [1.807, 2.05) is 0 Å². The summed E-state index contributed by atoms with van der Waals surface area (Å²) in [6, 6.07) is 0. The van der Waals surface area contributed by atoms with Crippen molar-refractivity contribution in [2.45, 2.75) is 36.9 Å². The lowest BCUT2D eigenvalue weighted by Gasteiger charge is -2.19. The number of carbonyl (C=O) groups is 7. The highest BCUT2D eigenvalue weighted by Gasteiger charge is 2.42. The minimum atomic E-state index is -4.64. The molecule has 0 aromatic rings. The Kier molecular flexibility index (Phi) is 20.2. The molecule has 1 atom stereocenters. The molecule has 25 heteroatoms. The van der Waals surface area contributed by atoms with E-state index in [0.717, 1.165) is 0 Å². The van der Waals surface area contributed by atoms with Gasteiger partial charge < -0.3 is 75.3 Å². The smallest absolute Gasteiger partial charge is 0.481 e. The molecule has 0 aliphatic carbocycles. The molecule has 0 saturated heterocycles. The van der Waals surface area contributed by atoms with E-state index in [4.69, 9.17) is 70.1 Å². The summed E-state index contributed by atoms with van der Waals surface area (Å²) in [5.74, 6) is -10.2. The molecule has 1 unspecified atom stereocenters. The summed E-state index contributed by atoms with van der Waals surface area (Å²) >= 11 is 0. The van der Waals surface area contributed by atoms with Crippen molar-refractivity contribution in [1.82, 2.24) is 0 Å². The van der Waals surface area contributed by atoms with Gasteiger partial charge in [0.05, 0.1) is 25.7 Å². The third kappa shape index (κ3) is 30.3. The second-order valence-electron chi connectivity index (χ2n) is 6.16. The molecule has 0 aromatic carbocycles. The van der Waals surface area contributed by atoms with Crippen molar-refractivity contribution in [3.05, 3.63) is 0 Å². The standard InChI is InChI=1S/C7H8O9.C6H8O7.BH3O3.H3O4P/c8-3(9)1-7(15,5(11)12)2-4(10)16-6(13)14;7-3(8)1-6(13,5(11)12)2-4(9)10;2-1(3)4;1-5(2,3)4/h15H,1-2H2,(H,8,9)(H,11,12)(H,13,14);13H,1-2H2,(H,7,8)(H,9,10)(H,11,12);2-4H;(H3,1,2,3,4). The molecule has 0 fully saturated rings. The van der Waals surface area contributed by atoms with Gasteiger partial charge in [0.1, 0.15) is 0 Å². The minimum absolute atomic E-state index is 1.14. The highest BCUT2D eigenvalue weighted by Crippen LogP contribution is 2.25. The lowest BCUT2D eigenvalue weighted by molar-refractivity contribution is -0.170. The summed E-state index contributed by atoms with van der Waals surface area (Å²) in [5, 5.41) is 89.4. The van der Waals surface area contributed by atoms with Crippen LogP contribution in [0.25, 0.3) is 0 Å². The molecule has 23 nitrogen and oxygen atoms in total. The molecule has 0 radical (unpaired) electrons. The van der Waals surface area contributed by atoms with Crippen molar-refractivity contribution in [2.24, 2.45) is 0 Å². The normalized spacial score (nSPS) is 11.7. The first kappa shape index (κ1) is 41.4. The third-order valence-electron chi connectivity index (χ3n) is 2.77. The van der Waals surface area contributed by atoms with Crippen LogP contribution in [0.1, 0.15) is 25.7 Å². The molecule has 0 spiro atoms. The lowest BCUT2D eigenvalue weighted by atomic mass is 9.96. The molecule has 0 saturated carbocycles. The summed E-state index contributed by atoms with van der Waals surface area (Å²) in [5.41, 5.74) is -5.63. The maximum absolute atomic E-state index is 10.7. The van der Waals surface area contributed by atoms with Gasteiger partial charge in [-0.25, -0.2) is 18.9 Å². The molecule has 0 rings (SSSR count). The van der Waals surface area contributed by atoms with E-state index in [1.165, 1.54) is 0 Å². The summed E-state index contributed by atoms with van der Waals surface area (Å²) in [6.07, 6.45) is -6.80. The van der Waals surface area contributed by atoms with E-state index >= 15 is 0 Å². The molecule has 0 heterocycles. The van der Waals surface area contributed by atoms with Gasteiger partial charge in [-0.1, -0.05) is 0 Å². The molecular weight excluding hydrogens is 566 g/mol. The number of ether oxygens (including phenoxy) is 1. The molecule has 0 aliphatic rings. The monoisotopic (exact) mass is 588 g/mol. The number of carboxylic acids is 5. The van der Waals surface area contributed by atoms with Gasteiger partial charge >= 0.3 is 57.1 Å². The number of esters is 1. The predicted molar refractivity (Wildman–Crippen MR) is 107 cm³/mol. The summed E-state index contributed by atoms with van der Waals surface area (Å²) < 4.78 is 12.4. The molecule has 0 bridgehead atoms. The zero-order valence-corrected chi connectivity index (χ0v) is 19.2. The van der Waals surface area contributed by atoms with Gasteiger partial charge in [-0.2, -0.15) is 0 Å². The Morgan fingerprint density at radius 2 is 0.816 bits per heavy atom. The third-order valence-corrected chi connectivity index (χ3v) is 2.77. The molecule has 0 aromatic heterocycles. The zero-order chi connectivity index (χ0) is 31.7. The summed E-state index contributed by atoms with van der Waals surface area (Å²) in [7, 11) is -6.81. The van der Waals surface area contributed by atoms with Crippen LogP contribution >= 0.6 is 7.82 Å². The number of hydrogen-bond acceptors (Lipinski definition) is 14. The van der Waals surface area contributed by atoms with Crippen LogP contribution in [-0.4, -0.2) is 131 Å². The number of carbonyl (C=O) groups excluding carboxylic acids is 1.